The molecule has 0 spiro atoms. The zero-order chi connectivity index (χ0) is 21.2. The lowest BCUT2D eigenvalue weighted by atomic mass is 10.2. The zero-order valence-corrected chi connectivity index (χ0v) is 16.6. The number of amides is 1. The fourth-order valence-electron chi connectivity index (χ4n) is 2.72. The van der Waals surface area contributed by atoms with Gasteiger partial charge in [-0.25, -0.2) is 22.3 Å². The number of carbonyl (C=O) groups is 1. The number of aromatic nitrogens is 3. The molecule has 0 fully saturated rings. The second-order valence-electron chi connectivity index (χ2n) is 6.41. The molecular formula is C19H19FN4O4S. The van der Waals surface area contributed by atoms with Crippen molar-refractivity contribution in [3.8, 4) is 5.69 Å². The molecule has 0 aliphatic heterocycles. The Kier molecular flexibility index (Phi) is 5.64. The van der Waals surface area contributed by atoms with Gasteiger partial charge in [-0.2, -0.15) is 5.10 Å². The Morgan fingerprint density at radius 1 is 1.24 bits per heavy atom. The Hall–Kier alpha value is -3.27. The number of nitrogens with zero attached hydrogens (tertiary/aromatic N) is 3. The normalized spacial score (nSPS) is 11.4. The first-order valence-electron chi connectivity index (χ1n) is 8.69. The van der Waals surface area contributed by atoms with E-state index in [1.165, 1.54) is 24.4 Å². The SMILES string of the molecule is Cc1ccc(S(=O)(=O)c2cc(CCNC(=O)O)nn2-c2cccc(C)c2F)cn1. The summed E-state index contributed by atoms with van der Waals surface area (Å²) in [7, 11) is -4.05. The van der Waals surface area contributed by atoms with Crippen LogP contribution in [-0.2, 0) is 16.3 Å². The van der Waals surface area contributed by atoms with Gasteiger partial charge in [-0.15, -0.1) is 0 Å². The fraction of sp³-hybridized carbons (Fsp3) is 0.211. The highest BCUT2D eigenvalue weighted by Gasteiger charge is 2.26. The van der Waals surface area contributed by atoms with Crippen molar-refractivity contribution in [2.45, 2.75) is 30.2 Å². The van der Waals surface area contributed by atoms with Crippen molar-refractivity contribution < 1.29 is 22.7 Å². The van der Waals surface area contributed by atoms with Gasteiger partial charge in [0.1, 0.15) is 5.69 Å². The quantitative estimate of drug-likeness (QED) is 0.636. The third-order valence-corrected chi connectivity index (χ3v) is 5.96. The lowest BCUT2D eigenvalue weighted by molar-refractivity contribution is 0.194. The number of halogens is 1. The molecule has 3 aromatic rings. The van der Waals surface area contributed by atoms with Crippen molar-refractivity contribution in [2.24, 2.45) is 0 Å². The Morgan fingerprint density at radius 2 is 2.00 bits per heavy atom. The summed E-state index contributed by atoms with van der Waals surface area (Å²) in [6.45, 7) is 3.34. The summed E-state index contributed by atoms with van der Waals surface area (Å²) in [6.07, 6.45) is 0.175. The summed E-state index contributed by atoms with van der Waals surface area (Å²) in [5, 5.41) is 14.9. The summed E-state index contributed by atoms with van der Waals surface area (Å²) in [5.74, 6) is -0.593. The second-order valence-corrected chi connectivity index (χ2v) is 8.31. The van der Waals surface area contributed by atoms with E-state index >= 15 is 0 Å². The predicted octanol–water partition coefficient (Wildman–Crippen LogP) is 2.67. The van der Waals surface area contributed by atoms with Crippen LogP contribution in [-0.4, -0.2) is 40.9 Å². The summed E-state index contributed by atoms with van der Waals surface area (Å²) in [6, 6.07) is 8.91. The molecular weight excluding hydrogens is 399 g/mol. The molecule has 10 heteroatoms. The third kappa shape index (κ3) is 4.27. The number of nitrogens with one attached hydrogen (secondary N) is 1. The van der Waals surface area contributed by atoms with E-state index in [9.17, 15) is 17.6 Å². The van der Waals surface area contributed by atoms with Crippen LogP contribution in [0, 0.1) is 19.7 Å². The Balaban J connectivity index is 2.13. The minimum Gasteiger partial charge on any atom is -0.465 e. The van der Waals surface area contributed by atoms with E-state index in [4.69, 9.17) is 5.11 Å². The molecule has 2 aromatic heterocycles. The molecule has 0 bridgehead atoms. The summed E-state index contributed by atoms with van der Waals surface area (Å²) >= 11 is 0. The van der Waals surface area contributed by atoms with E-state index in [0.717, 1.165) is 4.68 Å². The maximum absolute atomic E-state index is 14.7. The van der Waals surface area contributed by atoms with Gasteiger partial charge in [-0.05, 0) is 43.7 Å². The Morgan fingerprint density at radius 3 is 2.66 bits per heavy atom. The van der Waals surface area contributed by atoms with Crippen LogP contribution >= 0.6 is 0 Å². The van der Waals surface area contributed by atoms with Crippen LogP contribution in [0.1, 0.15) is 17.0 Å². The summed E-state index contributed by atoms with van der Waals surface area (Å²) in [5.41, 5.74) is 1.29. The molecule has 2 N–H and O–H groups in total. The van der Waals surface area contributed by atoms with Crippen LogP contribution in [0.25, 0.3) is 5.69 Å². The van der Waals surface area contributed by atoms with E-state index < -0.39 is 21.7 Å². The van der Waals surface area contributed by atoms with Crippen LogP contribution < -0.4 is 5.32 Å². The summed E-state index contributed by atoms with van der Waals surface area (Å²) in [4.78, 5) is 14.6. The first-order chi connectivity index (χ1) is 13.7. The van der Waals surface area contributed by atoms with Crippen molar-refractivity contribution >= 4 is 15.9 Å². The topological polar surface area (TPSA) is 114 Å². The molecule has 0 atom stereocenters. The minimum absolute atomic E-state index is 0.0129. The Labute approximate surface area is 166 Å². The molecule has 8 nitrogen and oxygen atoms in total. The lowest BCUT2D eigenvalue weighted by Gasteiger charge is -2.10. The lowest BCUT2D eigenvalue weighted by Crippen LogP contribution is -2.23. The van der Waals surface area contributed by atoms with Crippen molar-refractivity contribution in [2.75, 3.05) is 6.54 Å². The highest BCUT2D eigenvalue weighted by molar-refractivity contribution is 7.91. The van der Waals surface area contributed by atoms with E-state index in [0.29, 0.717) is 17.0 Å². The second kappa shape index (κ2) is 8.00. The minimum atomic E-state index is -4.05. The van der Waals surface area contributed by atoms with E-state index in [2.05, 4.69) is 15.4 Å². The number of sulfone groups is 1. The molecule has 0 saturated carbocycles. The highest BCUT2D eigenvalue weighted by Crippen LogP contribution is 2.26. The number of carboxylic acid groups (broad SMARTS) is 1. The first kappa shape index (κ1) is 20.5. The van der Waals surface area contributed by atoms with Crippen molar-refractivity contribution in [3.05, 3.63) is 65.4 Å². The molecule has 0 aliphatic rings. The van der Waals surface area contributed by atoms with Gasteiger partial charge in [0.25, 0.3) is 0 Å². The molecule has 29 heavy (non-hydrogen) atoms. The van der Waals surface area contributed by atoms with Gasteiger partial charge >= 0.3 is 6.09 Å². The maximum Gasteiger partial charge on any atom is 0.404 e. The molecule has 1 amide bonds. The van der Waals surface area contributed by atoms with Gasteiger partial charge in [-0.1, -0.05) is 12.1 Å². The Bertz CT molecular complexity index is 1160. The first-order valence-corrected chi connectivity index (χ1v) is 10.2. The van der Waals surface area contributed by atoms with Gasteiger partial charge in [-0.3, -0.25) is 4.98 Å². The molecule has 0 aliphatic carbocycles. The van der Waals surface area contributed by atoms with Crippen molar-refractivity contribution in [3.63, 3.8) is 0 Å². The van der Waals surface area contributed by atoms with Gasteiger partial charge < -0.3 is 10.4 Å². The maximum atomic E-state index is 14.7. The van der Waals surface area contributed by atoms with Crippen LogP contribution in [0.4, 0.5) is 9.18 Å². The number of rotatable bonds is 6. The number of benzene rings is 1. The van der Waals surface area contributed by atoms with Crippen molar-refractivity contribution in [1.82, 2.24) is 20.1 Å². The number of hydrogen-bond donors (Lipinski definition) is 2. The van der Waals surface area contributed by atoms with Crippen molar-refractivity contribution in [1.29, 1.82) is 0 Å². The molecule has 3 rings (SSSR count). The van der Waals surface area contributed by atoms with Gasteiger partial charge in [0, 0.05) is 24.9 Å². The number of hydrogen-bond acceptors (Lipinski definition) is 5. The van der Waals surface area contributed by atoms with Gasteiger partial charge in [0.05, 0.1) is 10.6 Å². The molecule has 1 aromatic carbocycles. The van der Waals surface area contributed by atoms with Crippen LogP contribution in [0.3, 0.4) is 0 Å². The van der Waals surface area contributed by atoms with Crippen LogP contribution in [0.2, 0.25) is 0 Å². The zero-order valence-electron chi connectivity index (χ0n) is 15.8. The smallest absolute Gasteiger partial charge is 0.404 e. The fourth-order valence-corrected chi connectivity index (χ4v) is 4.06. The van der Waals surface area contributed by atoms with Crippen LogP contribution in [0.5, 0.6) is 0 Å². The van der Waals surface area contributed by atoms with Gasteiger partial charge in [0.15, 0.2) is 10.8 Å². The van der Waals surface area contributed by atoms with E-state index in [1.54, 1.807) is 32.0 Å². The monoisotopic (exact) mass is 418 g/mol. The molecule has 2 heterocycles. The number of aryl methyl sites for hydroxylation is 2. The third-order valence-electron chi connectivity index (χ3n) is 4.25. The average Bonchev–Trinajstić information content (AvgIpc) is 3.09. The van der Waals surface area contributed by atoms with Crippen LogP contribution in [0.15, 0.2) is 52.5 Å². The van der Waals surface area contributed by atoms with E-state index in [-0.39, 0.29) is 28.6 Å². The average molecular weight is 418 g/mol. The molecule has 0 radical (unpaired) electrons. The van der Waals surface area contributed by atoms with Gasteiger partial charge in [0.2, 0.25) is 9.84 Å². The number of pyridine rings is 1. The molecule has 0 saturated heterocycles. The summed E-state index contributed by atoms with van der Waals surface area (Å²) < 4.78 is 42.2. The predicted molar refractivity (Wildman–Crippen MR) is 102 cm³/mol. The standard InChI is InChI=1S/C19H19FN4O4S/c1-12-4-3-5-16(18(12)20)24-17(10-14(23-24)8-9-21-19(25)26)29(27,28)15-7-6-13(2)22-11-15/h3-7,10-11,21H,8-9H2,1-2H3,(H,25,26). The van der Waals surface area contributed by atoms with E-state index in [1.807, 2.05) is 0 Å². The molecule has 152 valence electrons. The highest BCUT2D eigenvalue weighted by atomic mass is 32.2. The largest absolute Gasteiger partial charge is 0.465 e. The molecule has 0 unspecified atom stereocenters.